The number of nitrogens with one attached hydrogen (secondary N) is 1. The fourth-order valence-corrected chi connectivity index (χ4v) is 2.66. The predicted molar refractivity (Wildman–Crippen MR) is 107 cm³/mol. The van der Waals surface area contributed by atoms with Crippen molar-refractivity contribution in [2.24, 2.45) is 0 Å². The fraction of sp³-hybridized carbons (Fsp3) is 0.273. The Kier molecular flexibility index (Phi) is 5.68. The molecule has 1 amide bonds. The summed E-state index contributed by atoms with van der Waals surface area (Å²) in [7, 11) is 0. The van der Waals surface area contributed by atoms with Gasteiger partial charge in [-0.1, -0.05) is 30.3 Å². The molecule has 0 atom stereocenters. The number of amides is 1. The number of phenolic OH excluding ortho intramolecular Hbond substituents is 1. The van der Waals surface area contributed by atoms with E-state index in [4.69, 9.17) is 9.47 Å². The Morgan fingerprint density at radius 2 is 1.86 bits per heavy atom. The zero-order valence-electron chi connectivity index (χ0n) is 16.2. The Morgan fingerprint density at radius 1 is 1.11 bits per heavy atom. The molecule has 1 aromatic heterocycles. The number of fused-ring (bicyclic) bond motifs is 1. The third-order valence-corrected chi connectivity index (χ3v) is 3.86. The zero-order valence-corrected chi connectivity index (χ0v) is 16.2. The molecule has 0 aliphatic rings. The highest BCUT2D eigenvalue weighted by atomic mass is 16.6. The number of rotatable bonds is 5. The summed E-state index contributed by atoms with van der Waals surface area (Å²) in [4.78, 5) is 16.4. The van der Waals surface area contributed by atoms with Crippen LogP contribution in [0.4, 0.5) is 4.79 Å². The van der Waals surface area contributed by atoms with Crippen LogP contribution >= 0.6 is 0 Å². The summed E-state index contributed by atoms with van der Waals surface area (Å²) in [5.74, 6) is 0.726. The Morgan fingerprint density at radius 3 is 2.57 bits per heavy atom. The standard InChI is InChI=1S/C22H24N2O4/c1-22(2,3)28-21(26)23-13-16-11-20(27-14-15-7-5-4-6-8-15)18-12-17(25)9-10-19(18)24-16/h4-12,25H,13-14H2,1-3H3,(H,23,26). The Balaban J connectivity index is 1.81. The maximum atomic E-state index is 11.9. The maximum Gasteiger partial charge on any atom is 0.407 e. The van der Waals surface area contributed by atoms with Gasteiger partial charge in [-0.3, -0.25) is 4.98 Å². The lowest BCUT2D eigenvalue weighted by atomic mass is 10.1. The second-order valence-electron chi connectivity index (χ2n) is 7.44. The Bertz CT molecular complexity index is 965. The molecule has 2 aromatic carbocycles. The van der Waals surface area contributed by atoms with Gasteiger partial charge >= 0.3 is 6.09 Å². The minimum absolute atomic E-state index is 0.137. The number of pyridine rings is 1. The third kappa shape index (κ3) is 5.36. The van der Waals surface area contributed by atoms with Gasteiger partial charge in [0.1, 0.15) is 23.7 Å². The molecule has 6 heteroatoms. The lowest BCUT2D eigenvalue weighted by molar-refractivity contribution is 0.0523. The van der Waals surface area contributed by atoms with Crippen molar-refractivity contribution < 1.29 is 19.4 Å². The molecule has 28 heavy (non-hydrogen) atoms. The van der Waals surface area contributed by atoms with E-state index in [2.05, 4.69) is 10.3 Å². The topological polar surface area (TPSA) is 80.7 Å². The van der Waals surface area contributed by atoms with E-state index in [1.165, 1.54) is 0 Å². The van der Waals surface area contributed by atoms with Crippen LogP contribution < -0.4 is 10.1 Å². The van der Waals surface area contributed by atoms with Crippen LogP contribution in [0, 0.1) is 0 Å². The van der Waals surface area contributed by atoms with Gasteiger partial charge in [-0.2, -0.15) is 0 Å². The Labute approximate surface area is 164 Å². The molecule has 6 nitrogen and oxygen atoms in total. The van der Waals surface area contributed by atoms with E-state index in [1.54, 1.807) is 24.3 Å². The molecule has 0 bridgehead atoms. The van der Waals surface area contributed by atoms with E-state index >= 15 is 0 Å². The first-order valence-electron chi connectivity index (χ1n) is 9.06. The van der Waals surface area contributed by atoms with Gasteiger partial charge in [0, 0.05) is 11.5 Å². The minimum atomic E-state index is -0.567. The predicted octanol–water partition coefficient (Wildman–Crippen LogP) is 4.54. The number of aromatic hydroxyl groups is 1. The molecule has 0 unspecified atom stereocenters. The second kappa shape index (κ2) is 8.17. The summed E-state index contributed by atoms with van der Waals surface area (Å²) in [6.45, 7) is 6.01. The van der Waals surface area contributed by atoms with Gasteiger partial charge in [0.25, 0.3) is 0 Å². The third-order valence-electron chi connectivity index (χ3n) is 3.86. The summed E-state index contributed by atoms with van der Waals surface area (Å²) in [5.41, 5.74) is 1.76. The molecule has 0 aliphatic carbocycles. The molecule has 1 heterocycles. The maximum absolute atomic E-state index is 11.9. The molecule has 0 aliphatic heterocycles. The van der Waals surface area contributed by atoms with Crippen molar-refractivity contribution in [3.05, 3.63) is 65.9 Å². The lowest BCUT2D eigenvalue weighted by Crippen LogP contribution is -2.32. The van der Waals surface area contributed by atoms with E-state index in [9.17, 15) is 9.90 Å². The number of hydrogen-bond acceptors (Lipinski definition) is 5. The number of aromatic nitrogens is 1. The van der Waals surface area contributed by atoms with Crippen LogP contribution in [-0.2, 0) is 17.9 Å². The van der Waals surface area contributed by atoms with Gasteiger partial charge < -0.3 is 19.9 Å². The van der Waals surface area contributed by atoms with Crippen molar-refractivity contribution in [3.63, 3.8) is 0 Å². The second-order valence-corrected chi connectivity index (χ2v) is 7.44. The van der Waals surface area contributed by atoms with Crippen LogP contribution in [-0.4, -0.2) is 21.8 Å². The highest BCUT2D eigenvalue weighted by Crippen LogP contribution is 2.29. The number of benzene rings is 2. The highest BCUT2D eigenvalue weighted by Gasteiger charge is 2.16. The Hall–Kier alpha value is -3.28. The van der Waals surface area contributed by atoms with E-state index in [0.29, 0.717) is 29.0 Å². The molecule has 0 fully saturated rings. The average molecular weight is 380 g/mol. The van der Waals surface area contributed by atoms with Crippen molar-refractivity contribution in [1.29, 1.82) is 0 Å². The van der Waals surface area contributed by atoms with Crippen molar-refractivity contribution in [2.45, 2.75) is 39.5 Å². The van der Waals surface area contributed by atoms with Crippen LogP contribution in [0.5, 0.6) is 11.5 Å². The van der Waals surface area contributed by atoms with Crippen LogP contribution in [0.25, 0.3) is 10.9 Å². The number of ether oxygens (including phenoxy) is 2. The van der Waals surface area contributed by atoms with Gasteiger partial charge in [0.2, 0.25) is 0 Å². The van der Waals surface area contributed by atoms with Gasteiger partial charge in [-0.15, -0.1) is 0 Å². The van der Waals surface area contributed by atoms with Gasteiger partial charge in [0.05, 0.1) is 17.8 Å². The monoisotopic (exact) mass is 380 g/mol. The van der Waals surface area contributed by atoms with Gasteiger partial charge in [-0.25, -0.2) is 4.79 Å². The number of hydrogen-bond donors (Lipinski definition) is 2. The normalized spacial score (nSPS) is 11.2. The summed E-state index contributed by atoms with van der Waals surface area (Å²) >= 11 is 0. The number of carbonyl (C=O) groups excluding carboxylic acids is 1. The number of carbonyl (C=O) groups is 1. The zero-order chi connectivity index (χ0) is 20.1. The van der Waals surface area contributed by atoms with Crippen LogP contribution in [0.3, 0.4) is 0 Å². The van der Waals surface area contributed by atoms with E-state index < -0.39 is 11.7 Å². The van der Waals surface area contributed by atoms with E-state index in [0.717, 1.165) is 5.56 Å². The quantitative estimate of drug-likeness (QED) is 0.679. The first-order valence-corrected chi connectivity index (χ1v) is 9.06. The summed E-state index contributed by atoms with van der Waals surface area (Å²) in [6.07, 6.45) is -0.508. The largest absolute Gasteiger partial charge is 0.508 e. The van der Waals surface area contributed by atoms with Crippen molar-refractivity contribution >= 4 is 17.0 Å². The van der Waals surface area contributed by atoms with Crippen LogP contribution in [0.15, 0.2) is 54.6 Å². The molecule has 0 saturated carbocycles. The molecule has 0 spiro atoms. The SMILES string of the molecule is CC(C)(C)OC(=O)NCc1cc(OCc2ccccc2)c2cc(O)ccc2n1. The summed E-state index contributed by atoms with van der Waals surface area (Å²) in [5, 5.41) is 13.2. The van der Waals surface area contributed by atoms with Crippen LogP contribution in [0.2, 0.25) is 0 Å². The van der Waals surface area contributed by atoms with Crippen molar-refractivity contribution in [1.82, 2.24) is 10.3 Å². The van der Waals surface area contributed by atoms with Crippen molar-refractivity contribution in [3.8, 4) is 11.5 Å². The van der Waals surface area contributed by atoms with Crippen molar-refractivity contribution in [2.75, 3.05) is 0 Å². The summed E-state index contributed by atoms with van der Waals surface area (Å²) < 4.78 is 11.2. The molecule has 0 saturated heterocycles. The molecule has 2 N–H and O–H groups in total. The molecule has 0 radical (unpaired) electrons. The van der Waals surface area contributed by atoms with E-state index in [-0.39, 0.29) is 12.3 Å². The smallest absolute Gasteiger partial charge is 0.407 e. The summed E-state index contributed by atoms with van der Waals surface area (Å²) in [6, 6.07) is 16.5. The highest BCUT2D eigenvalue weighted by molar-refractivity contribution is 5.86. The molecule has 146 valence electrons. The molecular formula is C22H24N2O4. The number of alkyl carbamates (subject to hydrolysis) is 1. The number of phenols is 1. The molecule has 3 rings (SSSR count). The first kappa shape index (κ1) is 19.5. The lowest BCUT2D eigenvalue weighted by Gasteiger charge is -2.19. The first-order chi connectivity index (χ1) is 13.3. The van der Waals surface area contributed by atoms with E-state index in [1.807, 2.05) is 51.1 Å². The van der Waals surface area contributed by atoms with Gasteiger partial charge in [0.15, 0.2) is 0 Å². The van der Waals surface area contributed by atoms with Gasteiger partial charge in [-0.05, 0) is 44.5 Å². The number of nitrogens with zero attached hydrogens (tertiary/aromatic N) is 1. The fourth-order valence-electron chi connectivity index (χ4n) is 2.66. The molecular weight excluding hydrogens is 356 g/mol. The minimum Gasteiger partial charge on any atom is -0.508 e. The molecule has 3 aromatic rings. The average Bonchev–Trinajstić information content (AvgIpc) is 2.64. The van der Waals surface area contributed by atoms with Crippen LogP contribution in [0.1, 0.15) is 32.0 Å².